The number of hydrogen-bond acceptors (Lipinski definition) is 3. The molecule has 2 unspecified atom stereocenters. The van der Waals surface area contributed by atoms with Crippen molar-refractivity contribution in [3.8, 4) is 5.75 Å². The molecule has 19 heavy (non-hydrogen) atoms. The second-order valence-electron chi connectivity index (χ2n) is 5.91. The molecule has 2 atom stereocenters. The number of rotatable bonds is 1. The molecule has 3 heteroatoms. The number of likely N-dealkylation sites (tertiary alicyclic amines) is 1. The van der Waals surface area contributed by atoms with Gasteiger partial charge in [-0.15, -0.1) is 0 Å². The lowest BCUT2D eigenvalue weighted by molar-refractivity contribution is -0.00713. The summed E-state index contributed by atoms with van der Waals surface area (Å²) in [6.07, 6.45) is 3.39. The highest BCUT2D eigenvalue weighted by atomic mass is 16.5. The van der Waals surface area contributed by atoms with E-state index in [4.69, 9.17) is 4.74 Å². The number of aliphatic hydroxyl groups excluding tert-OH is 1. The Morgan fingerprint density at radius 2 is 1.89 bits per heavy atom. The molecule has 3 rings (SSSR count). The molecule has 0 aromatic heterocycles. The monoisotopic (exact) mass is 261 g/mol. The highest BCUT2D eigenvalue weighted by molar-refractivity contribution is 5.47. The average Bonchev–Trinajstić information content (AvgIpc) is 2.40. The summed E-state index contributed by atoms with van der Waals surface area (Å²) in [7, 11) is 0. The van der Waals surface area contributed by atoms with Crippen molar-refractivity contribution in [3.05, 3.63) is 28.8 Å². The molecule has 2 aliphatic heterocycles. The highest BCUT2D eigenvalue weighted by Crippen LogP contribution is 2.40. The Bertz CT molecular complexity index is 466. The third kappa shape index (κ3) is 2.37. The van der Waals surface area contributed by atoms with Gasteiger partial charge in [0, 0.05) is 5.56 Å². The van der Waals surface area contributed by atoms with Crippen LogP contribution in [0.5, 0.6) is 5.75 Å². The summed E-state index contributed by atoms with van der Waals surface area (Å²) in [5, 5.41) is 10.4. The second kappa shape index (κ2) is 5.14. The second-order valence-corrected chi connectivity index (χ2v) is 5.91. The Kier molecular flexibility index (Phi) is 3.50. The molecule has 0 aliphatic carbocycles. The fourth-order valence-electron chi connectivity index (χ4n) is 3.52. The summed E-state index contributed by atoms with van der Waals surface area (Å²) in [6.45, 7) is 6.82. The van der Waals surface area contributed by atoms with Crippen LogP contribution in [0.2, 0.25) is 0 Å². The van der Waals surface area contributed by atoms with Crippen molar-refractivity contribution < 1.29 is 9.84 Å². The molecule has 0 radical (unpaired) electrons. The molecular weight excluding hydrogens is 238 g/mol. The Morgan fingerprint density at radius 3 is 2.63 bits per heavy atom. The van der Waals surface area contributed by atoms with Gasteiger partial charge in [0.25, 0.3) is 0 Å². The first-order chi connectivity index (χ1) is 9.16. The van der Waals surface area contributed by atoms with Crippen LogP contribution < -0.4 is 4.74 Å². The number of hydrogen-bond donors (Lipinski definition) is 1. The van der Waals surface area contributed by atoms with Gasteiger partial charge < -0.3 is 9.84 Å². The number of nitrogens with zero attached hydrogens (tertiary/aromatic N) is 1. The Morgan fingerprint density at radius 1 is 1.16 bits per heavy atom. The number of benzene rings is 1. The lowest BCUT2D eigenvalue weighted by Crippen LogP contribution is -2.44. The summed E-state index contributed by atoms with van der Waals surface area (Å²) < 4.78 is 5.74. The molecule has 1 N–H and O–H groups in total. The minimum atomic E-state index is -0.410. The first-order valence-corrected chi connectivity index (χ1v) is 7.33. The maximum Gasteiger partial charge on any atom is 0.124 e. The summed E-state index contributed by atoms with van der Waals surface area (Å²) in [4.78, 5) is 2.44. The van der Waals surface area contributed by atoms with Crippen molar-refractivity contribution in [1.82, 2.24) is 4.90 Å². The van der Waals surface area contributed by atoms with E-state index in [-0.39, 0.29) is 6.04 Å². The Labute approximate surface area is 115 Å². The molecule has 1 saturated heterocycles. The molecule has 1 fully saturated rings. The zero-order valence-corrected chi connectivity index (χ0v) is 11.9. The lowest BCUT2D eigenvalue weighted by Gasteiger charge is -2.41. The predicted molar refractivity (Wildman–Crippen MR) is 75.6 cm³/mol. The van der Waals surface area contributed by atoms with Gasteiger partial charge in [-0.1, -0.05) is 12.5 Å². The summed E-state index contributed by atoms with van der Waals surface area (Å²) in [5.41, 5.74) is 3.67. The van der Waals surface area contributed by atoms with E-state index in [1.807, 2.05) is 0 Å². The third-order valence-corrected chi connectivity index (χ3v) is 4.35. The zero-order valence-electron chi connectivity index (χ0n) is 11.9. The van der Waals surface area contributed by atoms with E-state index in [1.165, 1.54) is 36.0 Å². The zero-order chi connectivity index (χ0) is 13.4. The molecule has 0 bridgehead atoms. The normalized spacial score (nSPS) is 27.7. The van der Waals surface area contributed by atoms with E-state index in [2.05, 4.69) is 30.9 Å². The predicted octanol–water partition coefficient (Wildman–Crippen LogP) is 2.58. The minimum Gasteiger partial charge on any atom is -0.490 e. The molecule has 3 nitrogen and oxygen atoms in total. The smallest absolute Gasteiger partial charge is 0.124 e. The summed E-state index contributed by atoms with van der Waals surface area (Å²) in [6, 6.07) is 4.41. The van der Waals surface area contributed by atoms with Crippen LogP contribution >= 0.6 is 0 Å². The van der Waals surface area contributed by atoms with Crippen LogP contribution in [0.3, 0.4) is 0 Å². The first kappa shape index (κ1) is 12.9. The van der Waals surface area contributed by atoms with Gasteiger partial charge in [0.2, 0.25) is 0 Å². The van der Waals surface area contributed by atoms with Gasteiger partial charge in [0.15, 0.2) is 0 Å². The van der Waals surface area contributed by atoms with Crippen LogP contribution in [0, 0.1) is 13.8 Å². The molecule has 104 valence electrons. The molecule has 0 saturated carbocycles. The van der Waals surface area contributed by atoms with Gasteiger partial charge in [-0.25, -0.2) is 0 Å². The third-order valence-electron chi connectivity index (χ3n) is 4.35. The van der Waals surface area contributed by atoms with Crippen LogP contribution in [0.25, 0.3) is 0 Å². The van der Waals surface area contributed by atoms with Crippen LogP contribution in [0.1, 0.15) is 42.0 Å². The fourth-order valence-corrected chi connectivity index (χ4v) is 3.52. The Hall–Kier alpha value is -1.06. The van der Waals surface area contributed by atoms with Gasteiger partial charge in [0.05, 0.1) is 6.04 Å². The number of ether oxygens (including phenoxy) is 1. The number of aryl methyl sites for hydroxylation is 2. The Balaban J connectivity index is 2.00. The number of aliphatic hydroxyl groups is 1. The van der Waals surface area contributed by atoms with E-state index in [0.29, 0.717) is 6.61 Å². The van der Waals surface area contributed by atoms with E-state index >= 15 is 0 Å². The standard InChI is InChI=1S/C16H23NO2/c1-11-8-12(2)15-14(9-11)19-10-13(18)16(15)17-6-4-3-5-7-17/h8-9,13,16,18H,3-7,10H2,1-2H3. The molecule has 1 aromatic carbocycles. The average molecular weight is 261 g/mol. The summed E-state index contributed by atoms with van der Waals surface area (Å²) in [5.74, 6) is 0.971. The largest absolute Gasteiger partial charge is 0.490 e. The minimum absolute atomic E-state index is 0.115. The molecule has 2 aliphatic rings. The number of piperidine rings is 1. The topological polar surface area (TPSA) is 32.7 Å². The van der Waals surface area contributed by atoms with Gasteiger partial charge in [-0.05, 0) is 57.0 Å². The van der Waals surface area contributed by atoms with Crippen LogP contribution in [0.4, 0.5) is 0 Å². The summed E-state index contributed by atoms with van der Waals surface area (Å²) >= 11 is 0. The molecule has 0 amide bonds. The molecular formula is C16H23NO2. The van der Waals surface area contributed by atoms with Crippen LogP contribution in [-0.4, -0.2) is 35.8 Å². The highest BCUT2D eigenvalue weighted by Gasteiger charge is 2.35. The SMILES string of the molecule is Cc1cc(C)c2c(c1)OCC(O)C2N1CCCCC1. The van der Waals surface area contributed by atoms with E-state index in [1.54, 1.807) is 0 Å². The van der Waals surface area contributed by atoms with Crippen LogP contribution in [0.15, 0.2) is 12.1 Å². The van der Waals surface area contributed by atoms with E-state index in [0.717, 1.165) is 18.8 Å². The number of fused-ring (bicyclic) bond motifs is 1. The van der Waals surface area contributed by atoms with E-state index in [9.17, 15) is 5.11 Å². The molecule has 2 heterocycles. The van der Waals surface area contributed by atoms with Gasteiger partial charge in [-0.2, -0.15) is 0 Å². The lowest BCUT2D eigenvalue weighted by atomic mass is 9.90. The maximum absolute atomic E-state index is 10.4. The quantitative estimate of drug-likeness (QED) is 0.843. The van der Waals surface area contributed by atoms with Crippen molar-refractivity contribution in [1.29, 1.82) is 0 Å². The molecule has 1 aromatic rings. The molecule has 0 spiro atoms. The van der Waals surface area contributed by atoms with Crippen molar-refractivity contribution in [2.75, 3.05) is 19.7 Å². The van der Waals surface area contributed by atoms with Crippen LogP contribution in [-0.2, 0) is 0 Å². The fraction of sp³-hybridized carbons (Fsp3) is 0.625. The van der Waals surface area contributed by atoms with Crippen molar-refractivity contribution in [2.24, 2.45) is 0 Å². The van der Waals surface area contributed by atoms with Crippen molar-refractivity contribution in [3.63, 3.8) is 0 Å². The van der Waals surface area contributed by atoms with Gasteiger partial charge in [-0.3, -0.25) is 4.90 Å². The van der Waals surface area contributed by atoms with Crippen molar-refractivity contribution in [2.45, 2.75) is 45.3 Å². The van der Waals surface area contributed by atoms with Gasteiger partial charge in [0.1, 0.15) is 18.5 Å². The van der Waals surface area contributed by atoms with Gasteiger partial charge >= 0.3 is 0 Å². The first-order valence-electron chi connectivity index (χ1n) is 7.33. The maximum atomic E-state index is 10.4. The van der Waals surface area contributed by atoms with Crippen molar-refractivity contribution >= 4 is 0 Å². The van der Waals surface area contributed by atoms with E-state index < -0.39 is 6.10 Å².